The third kappa shape index (κ3) is 1.17. The van der Waals surface area contributed by atoms with Crippen LogP contribution in [0, 0.1) is 11.8 Å². The second-order valence-electron chi connectivity index (χ2n) is 2.31. The summed E-state index contributed by atoms with van der Waals surface area (Å²) >= 11 is 0. The van der Waals surface area contributed by atoms with Crippen LogP contribution in [-0.4, -0.2) is 12.5 Å². The Kier molecular flexibility index (Phi) is 2.41. The van der Waals surface area contributed by atoms with E-state index in [9.17, 15) is 8.78 Å². The molecule has 0 bridgehead atoms. The van der Waals surface area contributed by atoms with Gasteiger partial charge in [0.2, 0.25) is 0 Å². The number of hydrogen-bond donors (Lipinski definition) is 1. The van der Waals surface area contributed by atoms with Gasteiger partial charge in [-0.15, -0.1) is 12.4 Å². The molecule has 1 rings (SSSR count). The van der Waals surface area contributed by atoms with Gasteiger partial charge in [-0.3, -0.25) is 0 Å². The molecule has 4 heteroatoms. The van der Waals surface area contributed by atoms with Crippen LogP contribution in [0.3, 0.4) is 0 Å². The number of alkyl halides is 2. The van der Waals surface area contributed by atoms with E-state index >= 15 is 0 Å². The highest BCUT2D eigenvalue weighted by Crippen LogP contribution is 2.53. The van der Waals surface area contributed by atoms with Crippen molar-refractivity contribution in [2.75, 3.05) is 6.54 Å². The lowest BCUT2D eigenvalue weighted by atomic mass is 10.3. The summed E-state index contributed by atoms with van der Waals surface area (Å²) in [5, 5.41) is 0. The normalized spacial score (nSPS) is 37.3. The van der Waals surface area contributed by atoms with Gasteiger partial charge in [-0.2, -0.15) is 0 Å². The molecule has 0 amide bonds. The fourth-order valence-corrected chi connectivity index (χ4v) is 0.921. The molecule has 2 atom stereocenters. The van der Waals surface area contributed by atoms with Gasteiger partial charge < -0.3 is 5.73 Å². The molecule has 0 aromatic carbocycles. The lowest BCUT2D eigenvalue weighted by Gasteiger charge is -1.87. The molecule has 56 valence electrons. The first-order chi connectivity index (χ1) is 3.60. The molecule has 0 unspecified atom stereocenters. The maximum atomic E-state index is 12.1. The van der Waals surface area contributed by atoms with E-state index < -0.39 is 17.8 Å². The van der Waals surface area contributed by atoms with Crippen LogP contribution in [0.5, 0.6) is 0 Å². The first-order valence-corrected chi connectivity index (χ1v) is 2.68. The van der Waals surface area contributed by atoms with Gasteiger partial charge in [-0.1, -0.05) is 6.92 Å². The largest absolute Gasteiger partial charge is 0.330 e. The number of hydrogen-bond acceptors (Lipinski definition) is 1. The number of rotatable bonds is 1. The molecule has 0 radical (unpaired) electrons. The molecule has 1 fully saturated rings. The number of halogens is 3. The second kappa shape index (κ2) is 2.39. The summed E-state index contributed by atoms with van der Waals surface area (Å²) < 4.78 is 24.2. The lowest BCUT2D eigenvalue weighted by Crippen LogP contribution is -2.06. The zero-order valence-electron chi connectivity index (χ0n) is 5.10. The SMILES string of the molecule is C[C@H]1[C@H](CN)C1(F)F.Cl. The summed E-state index contributed by atoms with van der Waals surface area (Å²) in [7, 11) is 0. The zero-order chi connectivity index (χ0) is 6.36. The Morgan fingerprint density at radius 1 is 1.56 bits per heavy atom. The molecule has 2 N–H and O–H groups in total. The van der Waals surface area contributed by atoms with Gasteiger partial charge in [-0.25, -0.2) is 8.78 Å². The van der Waals surface area contributed by atoms with E-state index in [-0.39, 0.29) is 19.0 Å². The number of nitrogens with two attached hydrogens (primary N) is 1. The Balaban J connectivity index is 0.000000640. The van der Waals surface area contributed by atoms with Crippen molar-refractivity contribution >= 4 is 12.4 Å². The topological polar surface area (TPSA) is 26.0 Å². The van der Waals surface area contributed by atoms with Crippen molar-refractivity contribution in [1.82, 2.24) is 0 Å². The zero-order valence-corrected chi connectivity index (χ0v) is 5.92. The first-order valence-electron chi connectivity index (χ1n) is 2.68. The monoisotopic (exact) mass is 157 g/mol. The quantitative estimate of drug-likeness (QED) is 0.610. The minimum absolute atomic E-state index is 0. The van der Waals surface area contributed by atoms with Crippen LogP contribution in [0.25, 0.3) is 0 Å². The van der Waals surface area contributed by atoms with Crippen molar-refractivity contribution in [3.63, 3.8) is 0 Å². The molecule has 1 aliphatic rings. The molecule has 0 aromatic heterocycles. The van der Waals surface area contributed by atoms with Gasteiger partial charge in [0.1, 0.15) is 0 Å². The van der Waals surface area contributed by atoms with Crippen LogP contribution >= 0.6 is 12.4 Å². The molecule has 0 saturated heterocycles. The van der Waals surface area contributed by atoms with Crippen molar-refractivity contribution in [3.8, 4) is 0 Å². The standard InChI is InChI=1S/C5H9F2N.ClH/c1-3-4(2-8)5(3,6)7;/h3-4H,2,8H2,1H3;1H/t3-,4-;/m0./s1. The molecule has 1 nitrogen and oxygen atoms in total. The van der Waals surface area contributed by atoms with E-state index in [0.29, 0.717) is 0 Å². The fraction of sp³-hybridized carbons (Fsp3) is 1.00. The summed E-state index contributed by atoms with van der Waals surface area (Å²) in [6.45, 7) is 1.64. The summed E-state index contributed by atoms with van der Waals surface area (Å²) in [4.78, 5) is 0. The van der Waals surface area contributed by atoms with E-state index in [1.54, 1.807) is 0 Å². The Morgan fingerprint density at radius 3 is 1.89 bits per heavy atom. The highest BCUT2D eigenvalue weighted by Gasteiger charge is 2.64. The Hall–Kier alpha value is 0.110. The van der Waals surface area contributed by atoms with Crippen LogP contribution < -0.4 is 5.73 Å². The Morgan fingerprint density at radius 2 is 1.89 bits per heavy atom. The minimum atomic E-state index is -2.45. The Labute approximate surface area is 59.0 Å². The third-order valence-electron chi connectivity index (χ3n) is 1.85. The molecule has 9 heavy (non-hydrogen) atoms. The van der Waals surface area contributed by atoms with Crippen LogP contribution in [0.4, 0.5) is 8.78 Å². The highest BCUT2D eigenvalue weighted by atomic mass is 35.5. The lowest BCUT2D eigenvalue weighted by molar-refractivity contribution is 0.0878. The van der Waals surface area contributed by atoms with Gasteiger partial charge in [0, 0.05) is 18.4 Å². The molecule has 0 spiro atoms. The summed E-state index contributed by atoms with van der Waals surface area (Å²) in [5.74, 6) is -3.47. The molecular weight excluding hydrogens is 148 g/mol. The van der Waals surface area contributed by atoms with E-state index in [1.165, 1.54) is 6.92 Å². The van der Waals surface area contributed by atoms with Crippen molar-refractivity contribution in [2.45, 2.75) is 12.8 Å². The van der Waals surface area contributed by atoms with Crippen molar-refractivity contribution in [3.05, 3.63) is 0 Å². The highest BCUT2D eigenvalue weighted by molar-refractivity contribution is 5.85. The summed E-state index contributed by atoms with van der Waals surface area (Å²) in [6.07, 6.45) is 0. The molecule has 1 saturated carbocycles. The first kappa shape index (κ1) is 9.11. The average molecular weight is 158 g/mol. The predicted molar refractivity (Wildman–Crippen MR) is 33.9 cm³/mol. The van der Waals surface area contributed by atoms with E-state index in [1.807, 2.05) is 0 Å². The van der Waals surface area contributed by atoms with Gasteiger partial charge in [0.05, 0.1) is 0 Å². The average Bonchev–Trinajstić information content (AvgIpc) is 2.09. The minimum Gasteiger partial charge on any atom is -0.330 e. The van der Waals surface area contributed by atoms with E-state index in [2.05, 4.69) is 0 Å². The van der Waals surface area contributed by atoms with Crippen LogP contribution in [0.1, 0.15) is 6.92 Å². The van der Waals surface area contributed by atoms with E-state index in [0.717, 1.165) is 0 Å². The predicted octanol–water partition coefficient (Wildman–Crippen LogP) is 1.27. The molecule has 0 heterocycles. The third-order valence-corrected chi connectivity index (χ3v) is 1.85. The molecule has 1 aliphatic carbocycles. The molecular formula is C5H10ClF2N. The van der Waals surface area contributed by atoms with Gasteiger partial charge in [0.25, 0.3) is 5.92 Å². The van der Waals surface area contributed by atoms with Gasteiger partial charge in [0.15, 0.2) is 0 Å². The molecule has 0 aromatic rings. The summed E-state index contributed by atoms with van der Waals surface area (Å²) in [6, 6.07) is 0. The van der Waals surface area contributed by atoms with Crippen molar-refractivity contribution in [2.24, 2.45) is 17.6 Å². The van der Waals surface area contributed by atoms with Crippen molar-refractivity contribution in [1.29, 1.82) is 0 Å². The Bertz CT molecular complexity index is 107. The second-order valence-corrected chi connectivity index (χ2v) is 2.31. The smallest absolute Gasteiger partial charge is 0.255 e. The maximum Gasteiger partial charge on any atom is 0.255 e. The fourth-order valence-electron chi connectivity index (χ4n) is 0.921. The molecule has 0 aliphatic heterocycles. The van der Waals surface area contributed by atoms with E-state index in [4.69, 9.17) is 5.73 Å². The summed E-state index contributed by atoms with van der Waals surface area (Å²) in [5.41, 5.74) is 5.02. The maximum absolute atomic E-state index is 12.1. The van der Waals surface area contributed by atoms with Gasteiger partial charge >= 0.3 is 0 Å². The van der Waals surface area contributed by atoms with Gasteiger partial charge in [-0.05, 0) is 0 Å². The van der Waals surface area contributed by atoms with Crippen LogP contribution in [0.15, 0.2) is 0 Å². The van der Waals surface area contributed by atoms with Crippen LogP contribution in [-0.2, 0) is 0 Å². The van der Waals surface area contributed by atoms with Crippen molar-refractivity contribution < 1.29 is 8.78 Å². The van der Waals surface area contributed by atoms with Crippen LogP contribution in [0.2, 0.25) is 0 Å².